The van der Waals surface area contributed by atoms with Crippen LogP contribution < -0.4 is 17.1 Å². The van der Waals surface area contributed by atoms with Crippen LogP contribution in [0.5, 0.6) is 5.75 Å². The lowest BCUT2D eigenvalue weighted by Crippen LogP contribution is -3.00. The number of hydrogen-bond acceptors (Lipinski definition) is 2. The predicted molar refractivity (Wildman–Crippen MR) is 54.7 cm³/mol. The number of halogens is 1. The van der Waals surface area contributed by atoms with Crippen LogP contribution in [-0.4, -0.2) is 16.6 Å². The van der Waals surface area contributed by atoms with Crippen molar-refractivity contribution in [1.29, 1.82) is 0 Å². The minimum absolute atomic E-state index is 0. The van der Waals surface area contributed by atoms with Gasteiger partial charge in [0.05, 0.1) is 17.6 Å². The Balaban J connectivity index is 0.000000980. The molecule has 1 aromatic carbocycles. The second kappa shape index (κ2) is 4.48. The summed E-state index contributed by atoms with van der Waals surface area (Å²) in [6.45, 7) is 2.64. The average molecular weight is 230 g/mol. The molecule has 14 heavy (non-hydrogen) atoms. The molecule has 3 nitrogen and oxygen atoms in total. The summed E-state index contributed by atoms with van der Waals surface area (Å²) in [6, 6.07) is 5.81. The van der Waals surface area contributed by atoms with Crippen LogP contribution in [0.4, 0.5) is 0 Å². The fourth-order valence-electron chi connectivity index (χ4n) is 1.27. The number of H-pyrrole nitrogens is 2. The molecule has 2 N–H and O–H groups in total. The van der Waals surface area contributed by atoms with Gasteiger partial charge in [-0.15, -0.1) is 0 Å². The second-order valence-corrected chi connectivity index (χ2v) is 3.13. The first-order chi connectivity index (χ1) is 6.29. The van der Waals surface area contributed by atoms with Gasteiger partial charge in [0.2, 0.25) is 0 Å². The average Bonchev–Trinajstić information content (AvgIpc) is 2.44. The van der Waals surface area contributed by atoms with Crippen LogP contribution in [0.2, 0.25) is 0 Å². The van der Waals surface area contributed by atoms with Crippen LogP contribution >= 0.6 is 12.2 Å². The van der Waals surface area contributed by atoms with Crippen molar-refractivity contribution in [3.63, 3.8) is 0 Å². The van der Waals surface area contributed by atoms with Crippen molar-refractivity contribution in [2.24, 2.45) is 0 Å². The van der Waals surface area contributed by atoms with E-state index >= 15 is 0 Å². The molecular weight excluding hydrogens is 220 g/mol. The quantitative estimate of drug-likeness (QED) is 0.690. The van der Waals surface area contributed by atoms with Gasteiger partial charge in [0, 0.05) is 6.07 Å². The van der Waals surface area contributed by atoms with Crippen molar-refractivity contribution in [3.05, 3.63) is 23.0 Å². The Hall–Kier alpha value is -1.00. The molecule has 0 bridgehead atoms. The van der Waals surface area contributed by atoms with Gasteiger partial charge in [-0.1, -0.05) is 0 Å². The summed E-state index contributed by atoms with van der Waals surface area (Å²) in [7, 11) is 0. The van der Waals surface area contributed by atoms with Gasteiger partial charge in [-0.3, -0.25) is 0 Å². The lowest BCUT2D eigenvalue weighted by molar-refractivity contribution is -0.00000327. The van der Waals surface area contributed by atoms with Gasteiger partial charge < -0.3 is 27.1 Å². The van der Waals surface area contributed by atoms with E-state index in [-0.39, 0.29) is 12.4 Å². The third-order valence-electron chi connectivity index (χ3n) is 1.80. The number of rotatable bonds is 2. The molecule has 1 heterocycles. The van der Waals surface area contributed by atoms with Crippen LogP contribution in [0.1, 0.15) is 6.92 Å². The summed E-state index contributed by atoms with van der Waals surface area (Å²) >= 11 is 4.97. The lowest BCUT2D eigenvalue weighted by Gasteiger charge is -2.01. The standard InChI is InChI=1S/C9H10N2OS.ClH/c1-2-12-6-3-4-7-8(5-6)11-9(13)10-7;/h3-5H,2H2,1H3,(H2,10,11,13);1H/p-1. The number of aromatic amines is 2. The Labute approximate surface area is 92.9 Å². The van der Waals surface area contributed by atoms with Gasteiger partial charge in [-0.05, 0) is 31.3 Å². The van der Waals surface area contributed by atoms with Crippen LogP contribution in [0.25, 0.3) is 11.0 Å². The van der Waals surface area contributed by atoms with Gasteiger partial charge in [-0.25, -0.2) is 0 Å². The third-order valence-corrected chi connectivity index (χ3v) is 2.00. The van der Waals surface area contributed by atoms with Crippen LogP contribution in [0.3, 0.4) is 0 Å². The van der Waals surface area contributed by atoms with Crippen LogP contribution in [0, 0.1) is 4.77 Å². The molecule has 2 aromatic rings. The first-order valence-corrected chi connectivity index (χ1v) is 4.55. The molecule has 0 aliphatic carbocycles. The summed E-state index contributed by atoms with van der Waals surface area (Å²) in [6.07, 6.45) is 0. The van der Waals surface area contributed by atoms with Crippen molar-refractivity contribution < 1.29 is 17.1 Å². The smallest absolute Gasteiger partial charge is 0.175 e. The Morgan fingerprint density at radius 3 is 2.71 bits per heavy atom. The highest BCUT2D eigenvalue weighted by molar-refractivity contribution is 7.71. The number of aromatic nitrogens is 2. The molecule has 2 rings (SSSR count). The molecule has 0 atom stereocenters. The molecule has 0 saturated heterocycles. The van der Waals surface area contributed by atoms with Crippen LogP contribution in [0.15, 0.2) is 18.2 Å². The van der Waals surface area contributed by atoms with Crippen molar-refractivity contribution in [1.82, 2.24) is 9.97 Å². The van der Waals surface area contributed by atoms with Crippen molar-refractivity contribution in [2.75, 3.05) is 6.61 Å². The van der Waals surface area contributed by atoms with E-state index in [1.807, 2.05) is 25.1 Å². The number of hydrogen-bond donors (Lipinski definition) is 2. The van der Waals surface area contributed by atoms with Gasteiger partial charge in [0.25, 0.3) is 0 Å². The first kappa shape index (κ1) is 11.1. The Bertz CT molecular complexity index is 477. The fraction of sp³-hybridized carbons (Fsp3) is 0.222. The molecule has 76 valence electrons. The van der Waals surface area contributed by atoms with E-state index in [0.717, 1.165) is 16.8 Å². The maximum Gasteiger partial charge on any atom is 0.175 e. The number of benzene rings is 1. The summed E-state index contributed by atoms with van der Waals surface area (Å²) in [4.78, 5) is 6.07. The normalized spacial score (nSPS) is 9.79. The maximum absolute atomic E-state index is 5.36. The van der Waals surface area contributed by atoms with E-state index in [4.69, 9.17) is 17.0 Å². The van der Waals surface area contributed by atoms with E-state index in [2.05, 4.69) is 9.97 Å². The highest BCUT2D eigenvalue weighted by atomic mass is 35.5. The number of nitrogens with one attached hydrogen (secondary N) is 2. The van der Waals surface area contributed by atoms with Crippen LogP contribution in [-0.2, 0) is 0 Å². The molecule has 0 amide bonds. The highest BCUT2D eigenvalue weighted by Gasteiger charge is 1.97. The molecule has 1 aromatic heterocycles. The molecule has 0 aliphatic heterocycles. The molecule has 0 aliphatic rings. The van der Waals surface area contributed by atoms with Crippen molar-refractivity contribution in [3.8, 4) is 5.75 Å². The largest absolute Gasteiger partial charge is 1.00 e. The van der Waals surface area contributed by atoms with Crippen molar-refractivity contribution in [2.45, 2.75) is 6.92 Å². The van der Waals surface area contributed by atoms with Gasteiger partial charge in [-0.2, -0.15) is 0 Å². The summed E-state index contributed by atoms with van der Waals surface area (Å²) in [5.41, 5.74) is 1.99. The Morgan fingerprint density at radius 2 is 2.00 bits per heavy atom. The second-order valence-electron chi connectivity index (χ2n) is 2.72. The van der Waals surface area contributed by atoms with Gasteiger partial charge in [0.15, 0.2) is 4.77 Å². The predicted octanol–water partition coefficient (Wildman–Crippen LogP) is -0.372. The fourth-order valence-corrected chi connectivity index (χ4v) is 1.49. The van der Waals surface area contributed by atoms with E-state index in [9.17, 15) is 0 Å². The topological polar surface area (TPSA) is 40.8 Å². The van der Waals surface area contributed by atoms with Crippen molar-refractivity contribution >= 4 is 23.3 Å². The molecule has 5 heteroatoms. The highest BCUT2D eigenvalue weighted by Crippen LogP contribution is 2.17. The van der Waals surface area contributed by atoms with Gasteiger partial charge >= 0.3 is 0 Å². The molecule has 0 radical (unpaired) electrons. The zero-order chi connectivity index (χ0) is 9.26. The molecule has 0 saturated carbocycles. The zero-order valence-corrected chi connectivity index (χ0v) is 9.21. The minimum atomic E-state index is 0. The van der Waals surface area contributed by atoms with E-state index in [1.165, 1.54) is 0 Å². The third kappa shape index (κ3) is 2.08. The molecule has 0 unspecified atom stereocenters. The Morgan fingerprint density at radius 1 is 1.29 bits per heavy atom. The SMILES string of the molecule is CCOc1ccc2[nH]c(=S)[nH]c2c1.[Cl-]. The molecular formula is C9H10ClN2OS-. The number of imidazole rings is 1. The monoisotopic (exact) mass is 229 g/mol. The van der Waals surface area contributed by atoms with Gasteiger partial charge in [0.1, 0.15) is 5.75 Å². The summed E-state index contributed by atoms with van der Waals surface area (Å²) in [5.74, 6) is 0.861. The molecule has 0 spiro atoms. The maximum atomic E-state index is 5.36. The van der Waals surface area contributed by atoms with E-state index in [0.29, 0.717) is 11.4 Å². The molecule has 0 fully saturated rings. The minimum Gasteiger partial charge on any atom is -1.00 e. The van der Waals surface area contributed by atoms with E-state index in [1.54, 1.807) is 0 Å². The summed E-state index contributed by atoms with van der Waals surface area (Å²) in [5, 5.41) is 0. The lowest BCUT2D eigenvalue weighted by atomic mass is 10.3. The number of ether oxygens (including phenoxy) is 1. The van der Waals surface area contributed by atoms with E-state index < -0.39 is 0 Å². The first-order valence-electron chi connectivity index (χ1n) is 4.14. The zero-order valence-electron chi connectivity index (χ0n) is 7.63. The number of fused-ring (bicyclic) bond motifs is 1. The Kier molecular flexibility index (Phi) is 3.55. The summed E-state index contributed by atoms with van der Waals surface area (Å²) < 4.78 is 6.00.